The lowest BCUT2D eigenvalue weighted by atomic mass is 9.91. The molecule has 146 valence electrons. The second-order valence-corrected chi connectivity index (χ2v) is 7.77. The highest BCUT2D eigenvalue weighted by Crippen LogP contribution is 2.29. The first kappa shape index (κ1) is 18.2. The van der Waals surface area contributed by atoms with Crippen molar-refractivity contribution < 1.29 is 4.79 Å². The Labute approximate surface area is 159 Å². The van der Waals surface area contributed by atoms with Gasteiger partial charge in [0.1, 0.15) is 0 Å². The summed E-state index contributed by atoms with van der Waals surface area (Å²) in [6.45, 7) is 6.61. The number of rotatable bonds is 5. The topological polar surface area (TPSA) is 91.7 Å². The third kappa shape index (κ3) is 4.05. The summed E-state index contributed by atoms with van der Waals surface area (Å²) in [6.07, 6.45) is 9.06. The van der Waals surface area contributed by atoms with Crippen molar-refractivity contribution in [3.63, 3.8) is 0 Å². The maximum absolute atomic E-state index is 12.8. The molecule has 0 aliphatic carbocycles. The minimum absolute atomic E-state index is 0.00166. The van der Waals surface area contributed by atoms with E-state index in [1.54, 1.807) is 0 Å². The second kappa shape index (κ2) is 8.21. The Morgan fingerprint density at radius 3 is 2.89 bits per heavy atom. The van der Waals surface area contributed by atoms with Crippen LogP contribution in [0.2, 0.25) is 0 Å². The predicted octanol–water partition coefficient (Wildman–Crippen LogP) is 1.58. The van der Waals surface area contributed by atoms with Crippen molar-refractivity contribution >= 4 is 5.91 Å². The average Bonchev–Trinajstić information content (AvgIpc) is 3.38. The van der Waals surface area contributed by atoms with Gasteiger partial charge >= 0.3 is 0 Å². The number of aryl methyl sites for hydroxylation is 1. The number of likely N-dealkylation sites (tertiary alicyclic amines) is 1. The minimum Gasteiger partial charge on any atom is -0.337 e. The van der Waals surface area contributed by atoms with Crippen LogP contribution in [0.25, 0.3) is 0 Å². The summed E-state index contributed by atoms with van der Waals surface area (Å²) in [5, 5.41) is 19.1. The lowest BCUT2D eigenvalue weighted by molar-refractivity contribution is 0.0706. The van der Waals surface area contributed by atoms with E-state index in [0.717, 1.165) is 52.0 Å². The zero-order chi connectivity index (χ0) is 18.6. The molecule has 0 bridgehead atoms. The highest BCUT2D eigenvalue weighted by atomic mass is 16.2. The van der Waals surface area contributed by atoms with Crippen LogP contribution in [0.1, 0.15) is 60.3 Å². The molecule has 27 heavy (non-hydrogen) atoms. The number of carbonyl (C=O) groups is 1. The number of amides is 1. The van der Waals surface area contributed by atoms with Crippen molar-refractivity contribution in [2.75, 3.05) is 26.2 Å². The van der Waals surface area contributed by atoms with Crippen molar-refractivity contribution in [3.05, 3.63) is 29.3 Å². The monoisotopic (exact) mass is 371 g/mol. The molecule has 1 atom stereocenters. The molecule has 2 aliphatic heterocycles. The van der Waals surface area contributed by atoms with Gasteiger partial charge < -0.3 is 10.2 Å². The Bertz CT molecular complexity index is 754. The van der Waals surface area contributed by atoms with E-state index < -0.39 is 0 Å². The smallest absolute Gasteiger partial charge is 0.276 e. The summed E-state index contributed by atoms with van der Waals surface area (Å²) >= 11 is 0. The van der Waals surface area contributed by atoms with Crippen molar-refractivity contribution in [1.29, 1.82) is 0 Å². The maximum atomic E-state index is 12.8. The molecular formula is C19H29N7O. The van der Waals surface area contributed by atoms with Crippen LogP contribution in [0.3, 0.4) is 0 Å². The molecule has 0 aromatic carbocycles. The van der Waals surface area contributed by atoms with Gasteiger partial charge in [0.25, 0.3) is 5.91 Å². The summed E-state index contributed by atoms with van der Waals surface area (Å²) in [4.78, 5) is 14.7. The van der Waals surface area contributed by atoms with Gasteiger partial charge in [-0.3, -0.25) is 14.6 Å². The van der Waals surface area contributed by atoms with Gasteiger partial charge in [0.15, 0.2) is 5.69 Å². The number of aromatic nitrogens is 5. The van der Waals surface area contributed by atoms with E-state index >= 15 is 0 Å². The van der Waals surface area contributed by atoms with Gasteiger partial charge in [-0.25, -0.2) is 0 Å². The molecule has 8 heteroatoms. The van der Waals surface area contributed by atoms with E-state index in [9.17, 15) is 4.79 Å². The quantitative estimate of drug-likeness (QED) is 0.833. The summed E-state index contributed by atoms with van der Waals surface area (Å²) in [5.41, 5.74) is 3.00. The fraction of sp³-hybridized carbons (Fsp3) is 0.684. The van der Waals surface area contributed by atoms with Crippen LogP contribution in [0, 0.1) is 5.92 Å². The molecule has 0 unspecified atom stereocenters. The Hall–Kier alpha value is -2.22. The van der Waals surface area contributed by atoms with Crippen molar-refractivity contribution in [1.82, 2.24) is 35.4 Å². The van der Waals surface area contributed by atoms with Gasteiger partial charge in [0.05, 0.1) is 12.4 Å². The van der Waals surface area contributed by atoms with Crippen LogP contribution in [0.5, 0.6) is 0 Å². The van der Waals surface area contributed by atoms with Crippen molar-refractivity contribution in [3.8, 4) is 0 Å². The van der Waals surface area contributed by atoms with E-state index in [1.807, 2.05) is 22.0 Å². The van der Waals surface area contributed by atoms with Crippen molar-refractivity contribution in [2.24, 2.45) is 5.92 Å². The average molecular weight is 371 g/mol. The Morgan fingerprint density at radius 1 is 1.30 bits per heavy atom. The maximum Gasteiger partial charge on any atom is 0.276 e. The minimum atomic E-state index is 0.00166. The summed E-state index contributed by atoms with van der Waals surface area (Å²) in [5.74, 6) is 1.03. The Balaban J connectivity index is 1.33. The highest BCUT2D eigenvalue weighted by molar-refractivity contribution is 5.92. The standard InChI is InChI=1S/C19H29N7O/c1-2-15-11-21-23-18(15)16-5-8-25(9-6-16)19(27)17-13-26(24-22-17)12-14-4-3-7-20-10-14/h11,13-14,16,20H,2-10,12H2,1H3,(H,21,23)/t14-/m1/s1. The van der Waals surface area contributed by atoms with Crippen LogP contribution < -0.4 is 5.32 Å². The zero-order valence-electron chi connectivity index (χ0n) is 16.0. The van der Waals surface area contributed by atoms with E-state index in [4.69, 9.17) is 0 Å². The normalized spacial score (nSPS) is 21.5. The predicted molar refractivity (Wildman–Crippen MR) is 101 cm³/mol. The Morgan fingerprint density at radius 2 is 2.15 bits per heavy atom. The third-order valence-corrected chi connectivity index (χ3v) is 5.92. The van der Waals surface area contributed by atoms with Crippen LogP contribution in [-0.4, -0.2) is 62.2 Å². The Kier molecular flexibility index (Phi) is 5.52. The molecular weight excluding hydrogens is 342 g/mol. The molecule has 4 rings (SSSR count). The molecule has 2 saturated heterocycles. The van der Waals surface area contributed by atoms with E-state index in [1.165, 1.54) is 24.1 Å². The van der Waals surface area contributed by atoms with Crippen LogP contribution >= 0.6 is 0 Å². The van der Waals surface area contributed by atoms with Crippen LogP contribution in [0.4, 0.5) is 0 Å². The fourth-order valence-electron chi connectivity index (χ4n) is 4.32. The molecule has 1 amide bonds. The van der Waals surface area contributed by atoms with Gasteiger partial charge in [-0.05, 0) is 56.7 Å². The SMILES string of the molecule is CCc1cn[nH]c1C1CCN(C(=O)c2cn(C[C@@H]3CCCNC3)nn2)CC1. The van der Waals surface area contributed by atoms with E-state index in [0.29, 0.717) is 17.5 Å². The number of H-pyrrole nitrogens is 1. The molecule has 4 heterocycles. The second-order valence-electron chi connectivity index (χ2n) is 7.77. The number of hydrogen-bond acceptors (Lipinski definition) is 5. The van der Waals surface area contributed by atoms with E-state index in [-0.39, 0.29) is 5.91 Å². The molecule has 2 N–H and O–H groups in total. The first-order chi connectivity index (χ1) is 13.2. The molecule has 2 aliphatic rings. The number of hydrogen-bond donors (Lipinski definition) is 2. The number of nitrogens with zero attached hydrogens (tertiary/aromatic N) is 5. The lowest BCUT2D eigenvalue weighted by Crippen LogP contribution is -2.38. The fourth-order valence-corrected chi connectivity index (χ4v) is 4.32. The third-order valence-electron chi connectivity index (χ3n) is 5.92. The van der Waals surface area contributed by atoms with Gasteiger partial charge in [-0.1, -0.05) is 12.1 Å². The summed E-state index contributed by atoms with van der Waals surface area (Å²) < 4.78 is 1.83. The molecule has 8 nitrogen and oxygen atoms in total. The molecule has 0 radical (unpaired) electrons. The lowest BCUT2D eigenvalue weighted by Gasteiger charge is -2.31. The summed E-state index contributed by atoms with van der Waals surface area (Å²) in [6, 6.07) is 0. The van der Waals surface area contributed by atoms with Crippen LogP contribution in [-0.2, 0) is 13.0 Å². The summed E-state index contributed by atoms with van der Waals surface area (Å²) in [7, 11) is 0. The largest absolute Gasteiger partial charge is 0.337 e. The van der Waals surface area contributed by atoms with Gasteiger partial charge in [-0.15, -0.1) is 5.10 Å². The van der Waals surface area contributed by atoms with Crippen LogP contribution in [0.15, 0.2) is 12.4 Å². The highest BCUT2D eigenvalue weighted by Gasteiger charge is 2.28. The first-order valence-corrected chi connectivity index (χ1v) is 10.2. The number of carbonyl (C=O) groups excluding carboxylic acids is 1. The molecule has 0 saturated carbocycles. The first-order valence-electron chi connectivity index (χ1n) is 10.2. The molecule has 0 spiro atoms. The molecule has 2 fully saturated rings. The molecule has 2 aromatic heterocycles. The van der Waals surface area contributed by atoms with Gasteiger partial charge in [0.2, 0.25) is 0 Å². The van der Waals surface area contributed by atoms with Gasteiger partial charge in [0, 0.05) is 31.2 Å². The number of piperidine rings is 2. The number of nitrogens with one attached hydrogen (secondary N) is 2. The number of aromatic amines is 1. The van der Waals surface area contributed by atoms with Crippen molar-refractivity contribution in [2.45, 2.75) is 51.5 Å². The van der Waals surface area contributed by atoms with Gasteiger partial charge in [-0.2, -0.15) is 5.10 Å². The molecule has 2 aromatic rings. The van der Waals surface area contributed by atoms with E-state index in [2.05, 4.69) is 32.7 Å². The zero-order valence-corrected chi connectivity index (χ0v) is 16.0.